The highest BCUT2D eigenvalue weighted by Gasteiger charge is 2.34. The second-order valence-electron chi connectivity index (χ2n) is 2.03. The molecule has 0 spiro atoms. The normalized spacial score (nSPS) is 12.0. The van der Waals surface area contributed by atoms with Crippen LogP contribution in [0.3, 0.4) is 0 Å². The summed E-state index contributed by atoms with van der Waals surface area (Å²) in [6, 6.07) is 0. The van der Waals surface area contributed by atoms with E-state index in [9.17, 15) is 13.2 Å². The van der Waals surface area contributed by atoms with E-state index < -0.39 is 12.2 Å². The Kier molecular flexibility index (Phi) is 1.54. The summed E-state index contributed by atoms with van der Waals surface area (Å²) in [7, 11) is 0. The van der Waals surface area contributed by atoms with Crippen LogP contribution < -0.4 is 0 Å². The summed E-state index contributed by atoms with van der Waals surface area (Å²) in [6.45, 7) is 1.34. The number of aromatic nitrogens is 2. The van der Waals surface area contributed by atoms with Crippen molar-refractivity contribution in [2.45, 2.75) is 13.2 Å². The molecule has 0 saturated heterocycles. The molecule has 1 heterocycles. The Morgan fingerprint density at radius 3 is 2.27 bits per heavy atom. The fourth-order valence-corrected chi connectivity index (χ4v) is 0.609. The molecule has 1 N–H and O–H groups in total. The van der Waals surface area contributed by atoms with Crippen molar-refractivity contribution in [2.75, 3.05) is 0 Å². The van der Waals surface area contributed by atoms with Crippen LogP contribution >= 0.6 is 0 Å². The highest BCUT2D eigenvalue weighted by atomic mass is 19.4. The topological polar surface area (TPSA) is 38.0 Å². The molecule has 0 amide bonds. The Balaban J connectivity index is 3.15. The molecule has 0 aliphatic heterocycles. The van der Waals surface area contributed by atoms with Crippen LogP contribution in [0.1, 0.15) is 5.56 Å². The van der Waals surface area contributed by atoms with E-state index in [-0.39, 0.29) is 10.2 Å². The van der Waals surface area contributed by atoms with Crippen LogP contribution in [0.15, 0.2) is 6.20 Å². The third-order valence-electron chi connectivity index (χ3n) is 1.16. The van der Waals surface area contributed by atoms with E-state index in [2.05, 4.69) is 5.10 Å². The van der Waals surface area contributed by atoms with Crippen molar-refractivity contribution >= 4 is 0 Å². The molecule has 0 fully saturated rings. The van der Waals surface area contributed by atoms with Crippen molar-refractivity contribution in [3.05, 3.63) is 11.8 Å². The van der Waals surface area contributed by atoms with Crippen molar-refractivity contribution in [3.63, 3.8) is 0 Å². The van der Waals surface area contributed by atoms with Gasteiger partial charge in [-0.1, -0.05) is 0 Å². The standard InChI is InChI=1S/C5H5F3N2O/c1-3-2-9-10(4(3)11)5(6,7)8/h2,11H,1H3. The minimum absolute atomic E-state index is 0.0994. The van der Waals surface area contributed by atoms with E-state index >= 15 is 0 Å². The zero-order chi connectivity index (χ0) is 8.65. The highest BCUT2D eigenvalue weighted by molar-refractivity contribution is 5.20. The van der Waals surface area contributed by atoms with Gasteiger partial charge in [0.1, 0.15) is 0 Å². The van der Waals surface area contributed by atoms with Gasteiger partial charge in [0.05, 0.1) is 6.20 Å². The first-order chi connectivity index (χ1) is 4.93. The van der Waals surface area contributed by atoms with E-state index in [1.807, 2.05) is 0 Å². The SMILES string of the molecule is Cc1cnn(C(F)(F)F)c1O. The fourth-order valence-electron chi connectivity index (χ4n) is 0.609. The molecule has 1 rings (SSSR count). The van der Waals surface area contributed by atoms with Gasteiger partial charge in [-0.2, -0.15) is 5.10 Å². The maximum absolute atomic E-state index is 11.8. The molecule has 0 aliphatic rings. The number of alkyl halides is 3. The number of hydrogen-bond acceptors (Lipinski definition) is 2. The molecule has 6 heteroatoms. The van der Waals surface area contributed by atoms with Crippen LogP contribution in [0.5, 0.6) is 5.88 Å². The van der Waals surface area contributed by atoms with E-state index in [0.29, 0.717) is 0 Å². The second-order valence-corrected chi connectivity index (χ2v) is 2.03. The molecule has 0 bridgehead atoms. The van der Waals surface area contributed by atoms with Gasteiger partial charge >= 0.3 is 6.30 Å². The lowest BCUT2D eigenvalue weighted by Crippen LogP contribution is -2.17. The Morgan fingerprint density at radius 1 is 1.55 bits per heavy atom. The summed E-state index contributed by atoms with van der Waals surface area (Å²) in [4.78, 5) is 0. The van der Waals surface area contributed by atoms with Crippen molar-refractivity contribution in [1.82, 2.24) is 9.78 Å². The smallest absolute Gasteiger partial charge is 0.493 e. The maximum atomic E-state index is 11.8. The van der Waals surface area contributed by atoms with Gasteiger partial charge in [-0.15, -0.1) is 17.9 Å². The van der Waals surface area contributed by atoms with Gasteiger partial charge in [0.25, 0.3) is 0 Å². The molecule has 1 aromatic rings. The Hall–Kier alpha value is -1.20. The zero-order valence-electron chi connectivity index (χ0n) is 5.55. The highest BCUT2D eigenvalue weighted by Crippen LogP contribution is 2.28. The third-order valence-corrected chi connectivity index (χ3v) is 1.16. The van der Waals surface area contributed by atoms with E-state index in [1.54, 1.807) is 0 Å². The lowest BCUT2D eigenvalue weighted by molar-refractivity contribution is -0.214. The number of rotatable bonds is 0. The van der Waals surface area contributed by atoms with Gasteiger partial charge in [-0.25, -0.2) is 0 Å². The molecular formula is C5H5F3N2O. The fraction of sp³-hybridized carbons (Fsp3) is 0.400. The Morgan fingerprint density at radius 2 is 2.09 bits per heavy atom. The third kappa shape index (κ3) is 1.28. The average Bonchev–Trinajstić information content (AvgIpc) is 2.11. The van der Waals surface area contributed by atoms with Crippen LogP contribution in [-0.2, 0) is 6.30 Å². The molecular weight excluding hydrogens is 161 g/mol. The van der Waals surface area contributed by atoms with E-state index in [4.69, 9.17) is 5.11 Å². The zero-order valence-corrected chi connectivity index (χ0v) is 5.55. The lowest BCUT2D eigenvalue weighted by atomic mass is 10.4. The van der Waals surface area contributed by atoms with E-state index in [1.165, 1.54) is 6.92 Å². The maximum Gasteiger partial charge on any atom is 0.507 e. The van der Waals surface area contributed by atoms with Crippen molar-refractivity contribution in [3.8, 4) is 5.88 Å². The number of hydrogen-bond donors (Lipinski definition) is 1. The largest absolute Gasteiger partial charge is 0.507 e. The number of aromatic hydroxyl groups is 1. The molecule has 62 valence electrons. The summed E-state index contributed by atoms with van der Waals surface area (Å²) in [5, 5.41) is 11.7. The van der Waals surface area contributed by atoms with Crippen molar-refractivity contribution in [1.29, 1.82) is 0 Å². The first kappa shape index (κ1) is 7.90. The van der Waals surface area contributed by atoms with Crippen molar-refractivity contribution < 1.29 is 18.3 Å². The van der Waals surface area contributed by atoms with Crippen LogP contribution in [-0.4, -0.2) is 14.9 Å². The van der Waals surface area contributed by atoms with Gasteiger partial charge in [0, 0.05) is 5.56 Å². The molecule has 0 unspecified atom stereocenters. The quantitative estimate of drug-likeness (QED) is 0.632. The molecule has 0 atom stereocenters. The molecule has 0 aliphatic carbocycles. The van der Waals surface area contributed by atoms with Gasteiger partial charge in [0.15, 0.2) is 0 Å². The molecule has 11 heavy (non-hydrogen) atoms. The number of aryl methyl sites for hydroxylation is 1. The Bertz CT molecular complexity index is 265. The Labute approximate surface area is 60.1 Å². The number of nitrogens with zero attached hydrogens (tertiary/aromatic N) is 2. The van der Waals surface area contributed by atoms with Gasteiger partial charge in [-0.05, 0) is 6.92 Å². The summed E-state index contributed by atoms with van der Waals surface area (Å²) < 4.78 is 35.0. The monoisotopic (exact) mass is 166 g/mol. The van der Waals surface area contributed by atoms with Gasteiger partial charge in [0.2, 0.25) is 5.88 Å². The molecule has 0 saturated carbocycles. The molecule has 1 aromatic heterocycles. The molecule has 0 radical (unpaired) electrons. The lowest BCUT2D eigenvalue weighted by Gasteiger charge is -2.05. The van der Waals surface area contributed by atoms with Crippen LogP contribution in [0.25, 0.3) is 0 Å². The van der Waals surface area contributed by atoms with Crippen molar-refractivity contribution in [2.24, 2.45) is 0 Å². The molecule has 3 nitrogen and oxygen atoms in total. The summed E-state index contributed by atoms with van der Waals surface area (Å²) in [6.07, 6.45) is -3.69. The number of halogens is 3. The first-order valence-corrected chi connectivity index (χ1v) is 2.73. The minimum Gasteiger partial charge on any atom is -0.493 e. The van der Waals surface area contributed by atoms with Crippen LogP contribution in [0.4, 0.5) is 13.2 Å². The summed E-state index contributed by atoms with van der Waals surface area (Å²) in [5.74, 6) is -0.863. The second kappa shape index (κ2) is 2.14. The van der Waals surface area contributed by atoms with E-state index in [0.717, 1.165) is 6.20 Å². The van der Waals surface area contributed by atoms with Gasteiger partial charge < -0.3 is 5.11 Å². The first-order valence-electron chi connectivity index (χ1n) is 2.73. The summed E-state index contributed by atoms with van der Waals surface area (Å²) in [5.41, 5.74) is 0.0994. The minimum atomic E-state index is -4.64. The summed E-state index contributed by atoms with van der Waals surface area (Å²) >= 11 is 0. The van der Waals surface area contributed by atoms with Crippen LogP contribution in [0.2, 0.25) is 0 Å². The average molecular weight is 166 g/mol. The molecule has 0 aromatic carbocycles. The van der Waals surface area contributed by atoms with Crippen LogP contribution in [0, 0.1) is 6.92 Å². The van der Waals surface area contributed by atoms with Gasteiger partial charge in [-0.3, -0.25) is 0 Å². The predicted molar refractivity (Wildman–Crippen MR) is 29.9 cm³/mol. The predicted octanol–water partition coefficient (Wildman–Crippen LogP) is 1.37.